The summed E-state index contributed by atoms with van der Waals surface area (Å²) in [6.45, 7) is -0.326. The number of carboxylic acid groups (broad SMARTS) is 1. The molecular formula is C14H16N10O8S3. The van der Waals surface area contributed by atoms with Gasteiger partial charge in [0.15, 0.2) is 0 Å². The lowest BCUT2D eigenvalue weighted by molar-refractivity contribution is -0.192. The molecule has 4 heterocycles. The average Bonchev–Trinajstić information content (AvgIpc) is 3.49. The van der Waals surface area contributed by atoms with Crippen LogP contribution < -0.4 is 5.32 Å². The molecule has 0 aliphatic carbocycles. The molecule has 0 spiro atoms. The number of nitrogens with one attached hydrogen (secondary N) is 2. The minimum Gasteiger partial charge on any atom is -0.477 e. The summed E-state index contributed by atoms with van der Waals surface area (Å²) < 4.78 is 39.2. The van der Waals surface area contributed by atoms with Gasteiger partial charge in [-0.15, -0.1) is 27.1 Å². The van der Waals surface area contributed by atoms with Crippen molar-refractivity contribution in [2.75, 3.05) is 18.6 Å². The second-order valence-electron chi connectivity index (χ2n) is 7.06. The molecule has 2 aromatic rings. The van der Waals surface area contributed by atoms with Crippen LogP contribution in [0.1, 0.15) is 0 Å². The number of amides is 2. The molecule has 0 bridgehead atoms. The number of carbonyl (C=O) groups excluding carboxylic acids is 2. The number of methoxy groups -OCH3 is 1. The quantitative estimate of drug-likeness (QED) is 0.0995. The number of carboxylic acids is 1. The van der Waals surface area contributed by atoms with Gasteiger partial charge in [0, 0.05) is 12.9 Å². The van der Waals surface area contributed by atoms with Crippen molar-refractivity contribution in [3.63, 3.8) is 0 Å². The Labute approximate surface area is 204 Å². The van der Waals surface area contributed by atoms with Crippen LogP contribution in [0.25, 0.3) is 0 Å². The third-order valence-electron chi connectivity index (χ3n) is 4.93. The van der Waals surface area contributed by atoms with Crippen molar-refractivity contribution in [1.82, 2.24) is 51.0 Å². The molecule has 2 aliphatic rings. The summed E-state index contributed by atoms with van der Waals surface area (Å²) in [4.78, 5) is 38.8. The molecule has 0 aromatic carbocycles. The predicted molar refractivity (Wildman–Crippen MR) is 114 cm³/mol. The summed E-state index contributed by atoms with van der Waals surface area (Å²) in [7, 11) is -3.39. The number of carbonyl (C=O) groups is 3. The van der Waals surface area contributed by atoms with Gasteiger partial charge in [-0.05, 0) is 21.2 Å². The number of aliphatic carboxylic acids is 1. The largest absolute Gasteiger partial charge is 0.477 e. The van der Waals surface area contributed by atoms with Crippen LogP contribution in [0.5, 0.6) is 0 Å². The molecule has 0 radical (unpaired) electrons. The van der Waals surface area contributed by atoms with Gasteiger partial charge in [0.2, 0.25) is 11.1 Å². The highest BCUT2D eigenvalue weighted by Crippen LogP contribution is 2.48. The first-order valence-corrected chi connectivity index (χ1v) is 12.9. The maximum absolute atomic E-state index is 13.2. The van der Waals surface area contributed by atoms with Gasteiger partial charge in [-0.2, -0.15) is 13.6 Å². The van der Waals surface area contributed by atoms with Crippen molar-refractivity contribution in [2.24, 2.45) is 0 Å². The van der Waals surface area contributed by atoms with Crippen LogP contribution in [0, 0.1) is 0 Å². The van der Waals surface area contributed by atoms with E-state index in [9.17, 15) is 32.5 Å². The number of ether oxygens (including phenoxy) is 1. The van der Waals surface area contributed by atoms with E-state index in [0.29, 0.717) is 0 Å². The van der Waals surface area contributed by atoms with Crippen LogP contribution >= 0.6 is 23.5 Å². The Bertz CT molecular complexity index is 1270. The van der Waals surface area contributed by atoms with Crippen molar-refractivity contribution in [1.29, 1.82) is 0 Å². The van der Waals surface area contributed by atoms with Crippen molar-refractivity contribution in [3.8, 4) is 0 Å². The van der Waals surface area contributed by atoms with E-state index < -0.39 is 55.7 Å². The van der Waals surface area contributed by atoms with Gasteiger partial charge in [-0.3, -0.25) is 19.0 Å². The Kier molecular flexibility index (Phi) is 6.77. The molecule has 2 aliphatic heterocycles. The molecule has 1 saturated heterocycles. The van der Waals surface area contributed by atoms with Crippen LogP contribution in [0.3, 0.4) is 0 Å². The highest BCUT2D eigenvalue weighted by Gasteiger charge is 2.67. The molecule has 1 unspecified atom stereocenters. The minimum absolute atomic E-state index is 0.000879. The molecule has 4 N–H and O–H groups in total. The van der Waals surface area contributed by atoms with Crippen molar-refractivity contribution in [3.05, 3.63) is 17.6 Å². The van der Waals surface area contributed by atoms with Crippen LogP contribution in [-0.4, -0.2) is 117 Å². The molecule has 18 nitrogen and oxygen atoms in total. The summed E-state index contributed by atoms with van der Waals surface area (Å²) in [6.07, 6.45) is 1.19. The zero-order valence-electron chi connectivity index (χ0n) is 17.5. The standard InChI is InChI=1S/C14H16N10O8S3/c1-32-14(16-8(25)2-23-5-15-19-22-23)11(28)24-9(10(26)27)6(3-33-12(14)24)7(4-35(29,30)31)34-13-17-20-21-18-13/h5,7,12H,2-4H2,1H3,(H,16,25)(H,26,27)(H,29,30,31)(H,17,18,20,21)/t7?,12-,14-/m0/s1. The minimum atomic E-state index is -4.57. The van der Waals surface area contributed by atoms with Gasteiger partial charge >= 0.3 is 5.97 Å². The lowest BCUT2D eigenvalue weighted by Crippen LogP contribution is -2.81. The normalized spacial score (nSPS) is 23.0. The molecule has 3 atom stereocenters. The van der Waals surface area contributed by atoms with Crippen molar-refractivity contribution in [2.45, 2.75) is 28.0 Å². The zero-order chi connectivity index (χ0) is 25.4. The van der Waals surface area contributed by atoms with Gasteiger partial charge in [0.1, 0.15) is 23.9 Å². The second kappa shape index (κ2) is 9.49. The van der Waals surface area contributed by atoms with Crippen LogP contribution in [0.2, 0.25) is 0 Å². The number of aromatic nitrogens is 8. The maximum Gasteiger partial charge on any atom is 0.352 e. The van der Waals surface area contributed by atoms with Gasteiger partial charge < -0.3 is 15.2 Å². The number of H-pyrrole nitrogens is 1. The highest BCUT2D eigenvalue weighted by molar-refractivity contribution is 8.01. The second-order valence-corrected chi connectivity index (χ2v) is 10.8. The first-order valence-electron chi connectivity index (χ1n) is 9.39. The third-order valence-corrected chi connectivity index (χ3v) is 8.35. The van der Waals surface area contributed by atoms with Gasteiger partial charge in [-0.1, -0.05) is 11.8 Å². The van der Waals surface area contributed by atoms with Crippen LogP contribution in [0.15, 0.2) is 22.8 Å². The SMILES string of the molecule is CO[C@@]1(NC(=O)Cn2cnnn2)C(=O)N2C(C(=O)O)=C(C(CS(=O)(=O)O)Sc3nn[nH]n3)CS[C@H]21. The van der Waals surface area contributed by atoms with E-state index in [-0.39, 0.29) is 23.0 Å². The van der Waals surface area contributed by atoms with E-state index in [4.69, 9.17) is 4.74 Å². The third kappa shape index (κ3) is 4.84. The van der Waals surface area contributed by atoms with E-state index in [2.05, 4.69) is 41.5 Å². The zero-order valence-corrected chi connectivity index (χ0v) is 19.9. The van der Waals surface area contributed by atoms with Crippen molar-refractivity contribution >= 4 is 51.4 Å². The number of aromatic amines is 1. The molecule has 2 aromatic heterocycles. The Balaban J connectivity index is 1.65. The molecule has 21 heteroatoms. The number of nitrogens with zero attached hydrogens (tertiary/aromatic N) is 8. The number of tetrazole rings is 2. The molecule has 35 heavy (non-hydrogen) atoms. The summed E-state index contributed by atoms with van der Waals surface area (Å²) >= 11 is 1.78. The summed E-state index contributed by atoms with van der Waals surface area (Å²) in [5.74, 6) is -4.01. The number of fused-ring (bicyclic) bond motifs is 1. The van der Waals surface area contributed by atoms with Crippen LogP contribution in [-0.2, 0) is 35.8 Å². The van der Waals surface area contributed by atoms with Gasteiger partial charge in [-0.25, -0.2) is 9.48 Å². The molecule has 188 valence electrons. The monoisotopic (exact) mass is 548 g/mol. The fraction of sp³-hybridized carbons (Fsp3) is 0.500. The average molecular weight is 549 g/mol. The number of thioether (sulfide) groups is 2. The molecule has 4 rings (SSSR count). The van der Waals surface area contributed by atoms with E-state index in [0.717, 1.165) is 33.1 Å². The van der Waals surface area contributed by atoms with E-state index >= 15 is 0 Å². The fourth-order valence-corrected chi connectivity index (χ4v) is 7.29. The molecule has 0 saturated carbocycles. The summed E-state index contributed by atoms with van der Waals surface area (Å²) in [5, 5.41) is 33.6. The predicted octanol–water partition coefficient (Wildman–Crippen LogP) is -3.05. The first-order chi connectivity index (χ1) is 16.6. The lowest BCUT2D eigenvalue weighted by Gasteiger charge is -2.56. The molecule has 2 amide bonds. The number of rotatable bonds is 10. The van der Waals surface area contributed by atoms with Crippen molar-refractivity contribution < 1.29 is 37.2 Å². The fourth-order valence-electron chi connectivity index (χ4n) is 3.52. The maximum atomic E-state index is 13.2. The van der Waals surface area contributed by atoms with E-state index in [1.165, 1.54) is 13.4 Å². The van der Waals surface area contributed by atoms with E-state index in [1.807, 2.05) is 0 Å². The summed E-state index contributed by atoms with van der Waals surface area (Å²) in [5.41, 5.74) is -2.34. The molecular weight excluding hydrogens is 532 g/mol. The van der Waals surface area contributed by atoms with Gasteiger partial charge in [0.25, 0.3) is 21.8 Å². The topological polar surface area (TPSA) is 248 Å². The Morgan fingerprint density at radius 3 is 2.83 bits per heavy atom. The summed E-state index contributed by atoms with van der Waals surface area (Å²) in [6, 6.07) is 0. The van der Waals surface area contributed by atoms with E-state index in [1.54, 1.807) is 0 Å². The van der Waals surface area contributed by atoms with Gasteiger partial charge in [0.05, 0.1) is 11.0 Å². The Morgan fingerprint density at radius 2 is 2.26 bits per heavy atom. The first kappa shape index (κ1) is 25.0. The van der Waals surface area contributed by atoms with Crippen LogP contribution in [0.4, 0.5) is 0 Å². The Hall–Kier alpha value is -3.14. The smallest absolute Gasteiger partial charge is 0.352 e. The highest BCUT2D eigenvalue weighted by atomic mass is 32.2. The molecule has 1 fully saturated rings. The lowest BCUT2D eigenvalue weighted by atomic mass is 9.97. The Morgan fingerprint density at radius 1 is 1.49 bits per heavy atom. The number of hydrogen-bond donors (Lipinski definition) is 4. The number of β-lactam (4-membered cyclic amide) rings is 1. The number of hydrogen-bond acceptors (Lipinski definition) is 14.